The van der Waals surface area contributed by atoms with Crippen LogP contribution in [0, 0.1) is 11.8 Å². The van der Waals surface area contributed by atoms with E-state index in [-0.39, 0.29) is 69.7 Å². The summed E-state index contributed by atoms with van der Waals surface area (Å²) in [6, 6.07) is -2.68. The van der Waals surface area contributed by atoms with Gasteiger partial charge in [0.2, 0.25) is 82.7 Å². The minimum absolute atomic E-state index is 0.0138. The van der Waals surface area contributed by atoms with E-state index in [1.165, 1.54) is 24.3 Å². The molecular formula is C55H88N16O17. The van der Waals surface area contributed by atoms with E-state index in [2.05, 4.69) is 83.0 Å². The van der Waals surface area contributed by atoms with Gasteiger partial charge in [-0.3, -0.25) is 71.9 Å². The molecule has 6 unspecified atom stereocenters. The second-order valence-corrected chi connectivity index (χ2v) is 21.2. The van der Waals surface area contributed by atoms with Crippen LogP contribution in [-0.4, -0.2) is 196 Å². The zero-order chi connectivity index (χ0) is 65.7. The molecule has 88 heavy (non-hydrogen) atoms. The third-order valence-electron chi connectivity index (χ3n) is 13.3. The molecule has 0 saturated carbocycles. The molecule has 0 spiro atoms. The summed E-state index contributed by atoms with van der Waals surface area (Å²) in [6.45, 7) is 2.06. The van der Waals surface area contributed by atoms with Crippen LogP contribution in [-0.2, 0) is 83.1 Å². The Morgan fingerprint density at radius 3 is 1.73 bits per heavy atom. The molecule has 7 atom stereocenters. The average molecular weight is 1250 g/mol. The minimum Gasteiger partial charge on any atom is -0.508 e. The predicted molar refractivity (Wildman–Crippen MR) is 313 cm³/mol. The number of aromatic hydroxyl groups is 1. The maximum atomic E-state index is 13.7. The molecule has 0 aliphatic carbocycles. The molecule has 1 aromatic carbocycles. The van der Waals surface area contributed by atoms with Crippen LogP contribution >= 0.6 is 0 Å². The second kappa shape index (κ2) is 41.2. The number of primary amides is 1. The summed E-state index contributed by atoms with van der Waals surface area (Å²) in [5.74, 6) is -13.2. The van der Waals surface area contributed by atoms with Crippen molar-refractivity contribution in [2.24, 2.45) is 29.0 Å². The van der Waals surface area contributed by atoms with Gasteiger partial charge in [-0.2, -0.15) is 0 Å². The van der Waals surface area contributed by atoms with Crippen molar-refractivity contribution in [2.45, 2.75) is 141 Å². The summed E-state index contributed by atoms with van der Waals surface area (Å²) in [5, 5.41) is 40.6. The third kappa shape index (κ3) is 31.4. The van der Waals surface area contributed by atoms with E-state index in [1.807, 2.05) is 0 Å². The zero-order valence-electron chi connectivity index (χ0n) is 50.2. The fourth-order valence-corrected chi connectivity index (χ4v) is 8.17. The van der Waals surface area contributed by atoms with E-state index < -0.39 is 184 Å². The quantitative estimate of drug-likeness (QED) is 0.0222. The maximum Gasteiger partial charge on any atom is 0.325 e. The molecule has 20 N–H and O–H groups in total. The molecular weight excluding hydrogens is 1160 g/mol. The van der Waals surface area contributed by atoms with Crippen LogP contribution in [0.4, 0.5) is 0 Å². The number of hydrogen-bond donors (Lipinski definition) is 17. The summed E-state index contributed by atoms with van der Waals surface area (Å²) < 4.78 is 5.08. The van der Waals surface area contributed by atoms with Crippen molar-refractivity contribution >= 4 is 88.7 Å². The number of cyclic esters (lactones) is 1. The minimum atomic E-state index is -1.71. The van der Waals surface area contributed by atoms with Crippen molar-refractivity contribution in [2.75, 3.05) is 65.5 Å². The fourth-order valence-electron chi connectivity index (χ4n) is 8.17. The van der Waals surface area contributed by atoms with Crippen molar-refractivity contribution in [3.05, 3.63) is 29.8 Å². The molecule has 2 rings (SSSR count). The van der Waals surface area contributed by atoms with Crippen LogP contribution in [0.25, 0.3) is 0 Å². The van der Waals surface area contributed by atoms with E-state index in [0.717, 1.165) is 19.3 Å². The van der Waals surface area contributed by atoms with Crippen LogP contribution < -0.4 is 86.3 Å². The number of nitrogens with two attached hydrogens (primary N) is 3. The van der Waals surface area contributed by atoms with Crippen LogP contribution in [0.1, 0.15) is 104 Å². The van der Waals surface area contributed by atoms with Gasteiger partial charge in [-0.25, -0.2) is 0 Å². The lowest BCUT2D eigenvalue weighted by Gasteiger charge is -2.28. The smallest absolute Gasteiger partial charge is 0.325 e. The monoisotopic (exact) mass is 1240 g/mol. The Hall–Kier alpha value is -9.01. The second-order valence-electron chi connectivity index (χ2n) is 21.2. The number of nitrogens with one attached hydrogen (secondary N) is 13. The van der Waals surface area contributed by atoms with Crippen molar-refractivity contribution in [3.8, 4) is 5.75 Å². The number of esters is 1. The van der Waals surface area contributed by atoms with E-state index in [1.54, 1.807) is 13.8 Å². The first-order valence-electron chi connectivity index (χ1n) is 29.1. The lowest BCUT2D eigenvalue weighted by molar-refractivity contribution is -0.147. The van der Waals surface area contributed by atoms with Gasteiger partial charge in [0.15, 0.2) is 0 Å². The molecule has 1 aliphatic heterocycles. The Labute approximate surface area is 509 Å². The number of hydrogen-bond acceptors (Lipinski definition) is 19. The molecule has 1 fully saturated rings. The molecule has 1 aromatic rings. The molecule has 1 saturated heterocycles. The molecule has 1 aliphatic rings. The van der Waals surface area contributed by atoms with Gasteiger partial charge in [-0.05, 0) is 74.7 Å². The Kier molecular flexibility index (Phi) is 35.1. The highest BCUT2D eigenvalue weighted by molar-refractivity contribution is 5.99. The molecule has 33 heteroatoms. The summed E-state index contributed by atoms with van der Waals surface area (Å²) in [6.07, 6.45) is 3.66. The van der Waals surface area contributed by atoms with Crippen LogP contribution in [0.15, 0.2) is 24.3 Å². The van der Waals surface area contributed by atoms with Gasteiger partial charge in [0.1, 0.15) is 55.2 Å². The molecule has 1 heterocycles. The zero-order valence-corrected chi connectivity index (χ0v) is 50.2. The van der Waals surface area contributed by atoms with Crippen LogP contribution in [0.2, 0.25) is 0 Å². The van der Waals surface area contributed by atoms with E-state index in [0.29, 0.717) is 17.9 Å². The van der Waals surface area contributed by atoms with E-state index in [4.69, 9.17) is 21.9 Å². The standard InChI is InChI=1S/C55H88N16O17/c1-5-32(4)49-55(87)70-38(22-40(58)73)52(84)64-25-44(77)62-29-48(81)88-30-39(54(86)71-49)68-46(79)27-61-42(75)23-60-43(76)24-63-50(82)35(12-9-19-56)69-53(85)36(13-10-20-57)66-47(80)28-65-51(83)37(21-33-15-17-34(72)18-16-33)67-45(78)26-59-41(74)14-8-6-7-11-31(2)3/h15-18,31-32,35-39,49,72H,5-14,19-30,56-57H2,1-4H3,(H2,58,73)(H,59,74)(H,60,76)(H,61,75)(H,62,77)(H,63,82)(H,64,84)(H,65,83)(H,66,80)(H,67,78)(H,68,79)(H,69,85)(H,70,87)(H,71,86)/t32?,35?,36?,37?,38?,39-,49?/m0/s1. The highest BCUT2D eigenvalue weighted by Crippen LogP contribution is 2.13. The number of carbonyl (C=O) groups excluding carboxylic acids is 15. The van der Waals surface area contributed by atoms with Gasteiger partial charge in [0, 0.05) is 12.8 Å². The van der Waals surface area contributed by atoms with Crippen LogP contribution in [0.5, 0.6) is 5.75 Å². The van der Waals surface area contributed by atoms with Gasteiger partial charge in [-0.15, -0.1) is 0 Å². The van der Waals surface area contributed by atoms with Gasteiger partial charge >= 0.3 is 5.97 Å². The van der Waals surface area contributed by atoms with Crippen molar-refractivity contribution in [1.29, 1.82) is 0 Å². The van der Waals surface area contributed by atoms with Crippen molar-refractivity contribution in [1.82, 2.24) is 69.1 Å². The number of unbranched alkanes of at least 4 members (excludes halogenated alkanes) is 2. The van der Waals surface area contributed by atoms with Gasteiger partial charge in [0.05, 0.1) is 45.7 Å². The first kappa shape index (κ1) is 75.1. The van der Waals surface area contributed by atoms with Crippen molar-refractivity contribution < 1.29 is 81.8 Å². The van der Waals surface area contributed by atoms with Gasteiger partial charge in [-0.1, -0.05) is 65.5 Å². The Bertz CT molecular complexity index is 2570. The number of amides is 14. The number of carbonyl (C=O) groups is 15. The molecule has 14 amide bonds. The van der Waals surface area contributed by atoms with Crippen molar-refractivity contribution in [3.63, 3.8) is 0 Å². The predicted octanol–water partition coefficient (Wildman–Crippen LogP) is -6.78. The summed E-state index contributed by atoms with van der Waals surface area (Å²) in [7, 11) is 0. The number of rotatable bonds is 35. The van der Waals surface area contributed by atoms with E-state index >= 15 is 0 Å². The Morgan fingerprint density at radius 1 is 0.591 bits per heavy atom. The lowest BCUT2D eigenvalue weighted by atomic mass is 9.97. The molecule has 490 valence electrons. The highest BCUT2D eigenvalue weighted by Gasteiger charge is 2.35. The third-order valence-corrected chi connectivity index (χ3v) is 13.3. The Balaban J connectivity index is 2.03. The average Bonchev–Trinajstić information content (AvgIpc) is 3.69. The number of phenols is 1. The van der Waals surface area contributed by atoms with Crippen LogP contribution in [0.3, 0.4) is 0 Å². The summed E-state index contributed by atoms with van der Waals surface area (Å²) >= 11 is 0. The highest BCUT2D eigenvalue weighted by atomic mass is 16.5. The molecule has 0 aromatic heterocycles. The molecule has 0 bridgehead atoms. The fraction of sp³-hybridized carbons (Fsp3) is 0.618. The lowest BCUT2D eigenvalue weighted by Crippen LogP contribution is -2.60. The summed E-state index contributed by atoms with van der Waals surface area (Å²) in [5.41, 5.74) is 17.2. The summed E-state index contributed by atoms with van der Waals surface area (Å²) in [4.78, 5) is 194. The Morgan fingerprint density at radius 2 is 1.14 bits per heavy atom. The topological polar surface area (TPSA) is 520 Å². The molecule has 33 nitrogen and oxygen atoms in total. The number of ether oxygens (including phenoxy) is 1. The first-order chi connectivity index (χ1) is 41.7. The first-order valence-corrected chi connectivity index (χ1v) is 29.1. The SMILES string of the molecule is CCC(C)C1NC(=O)[C@@H](NC(=O)CNC(=O)CNC(=O)CNC(=O)C(CCCN)NC(=O)C(CCCN)NC(=O)CNC(=O)C(Cc2ccc(O)cc2)NC(=O)CNC(=O)CCCCCC(C)C)COC(=O)CNC(=O)CNC(=O)C(CC(N)=O)NC1=O. The largest absolute Gasteiger partial charge is 0.508 e. The maximum absolute atomic E-state index is 13.7. The number of phenolic OH excluding ortho intramolecular Hbond substituents is 1. The molecule has 0 radical (unpaired) electrons. The van der Waals surface area contributed by atoms with Gasteiger partial charge in [0.25, 0.3) is 0 Å². The normalized spacial score (nSPS) is 17.0. The van der Waals surface area contributed by atoms with Gasteiger partial charge < -0.3 is 96.2 Å². The number of benzene rings is 1. The van der Waals surface area contributed by atoms with E-state index in [9.17, 15) is 77.0 Å².